The van der Waals surface area contributed by atoms with Gasteiger partial charge in [0, 0.05) is 19.5 Å². The molecule has 29 heavy (non-hydrogen) atoms. The number of benzene rings is 1. The third-order valence-corrected chi connectivity index (χ3v) is 5.40. The molecule has 0 aromatic heterocycles. The topological polar surface area (TPSA) is 70.0 Å². The summed E-state index contributed by atoms with van der Waals surface area (Å²) in [6.45, 7) is 3.32. The van der Waals surface area contributed by atoms with E-state index in [-0.39, 0.29) is 6.54 Å². The van der Waals surface area contributed by atoms with E-state index in [1.807, 2.05) is 0 Å². The number of aliphatic imine (C=N–C) groups is 1. The van der Waals surface area contributed by atoms with Crippen molar-refractivity contribution in [1.82, 2.24) is 5.01 Å². The summed E-state index contributed by atoms with van der Waals surface area (Å²) in [6, 6.07) is 5.24. The minimum Gasteiger partial charge on any atom is -0.484 e. The molecule has 0 N–H and O–H groups in total. The van der Waals surface area contributed by atoms with Gasteiger partial charge in [-0.15, -0.1) is 0 Å². The Kier molecular flexibility index (Phi) is 5.37. The fourth-order valence-corrected chi connectivity index (χ4v) is 3.39. The number of methoxy groups -OCH3 is 1. The van der Waals surface area contributed by atoms with Crippen LogP contribution in [0.15, 0.2) is 40.3 Å². The van der Waals surface area contributed by atoms with Gasteiger partial charge < -0.3 is 14.4 Å². The molecule has 1 aromatic carbocycles. The first-order chi connectivity index (χ1) is 14.0. The summed E-state index contributed by atoms with van der Waals surface area (Å²) >= 11 is 0. The molecule has 0 bridgehead atoms. The van der Waals surface area contributed by atoms with Crippen molar-refractivity contribution in [2.45, 2.75) is 32.2 Å². The second-order valence-electron chi connectivity index (χ2n) is 7.21. The Morgan fingerprint density at radius 3 is 2.83 bits per heavy atom. The van der Waals surface area contributed by atoms with Crippen LogP contribution in [0.4, 0.5) is 20.6 Å². The van der Waals surface area contributed by atoms with Crippen LogP contribution in [0, 0.1) is 5.82 Å². The van der Waals surface area contributed by atoms with Crippen LogP contribution in [0.5, 0.6) is 0 Å². The van der Waals surface area contributed by atoms with Gasteiger partial charge >= 0.3 is 6.09 Å². The SMILES string of the molecule is COC(C)=N/C=C1/CN(c2ccc(N3C=NN(C4CCC4)CC3)c(F)c2)C(=O)O1. The number of hydrogen-bond acceptors (Lipinski definition) is 7. The predicted octanol–water partition coefficient (Wildman–Crippen LogP) is 3.31. The lowest BCUT2D eigenvalue weighted by Crippen LogP contribution is -2.45. The van der Waals surface area contributed by atoms with Gasteiger partial charge in [0.15, 0.2) is 5.90 Å². The quantitative estimate of drug-likeness (QED) is 0.572. The van der Waals surface area contributed by atoms with Crippen LogP contribution in [-0.4, -0.2) is 56.1 Å². The number of hydrogen-bond donors (Lipinski definition) is 0. The lowest BCUT2D eigenvalue weighted by Gasteiger charge is -2.39. The van der Waals surface area contributed by atoms with E-state index in [9.17, 15) is 9.18 Å². The van der Waals surface area contributed by atoms with Crippen molar-refractivity contribution >= 4 is 29.7 Å². The predicted molar refractivity (Wildman–Crippen MR) is 109 cm³/mol. The number of ether oxygens (including phenoxy) is 2. The summed E-state index contributed by atoms with van der Waals surface area (Å²) in [5, 5.41) is 6.56. The Morgan fingerprint density at radius 2 is 2.21 bits per heavy atom. The molecule has 0 atom stereocenters. The summed E-state index contributed by atoms with van der Waals surface area (Å²) in [5.74, 6) is 0.404. The zero-order chi connectivity index (χ0) is 20.4. The molecule has 154 valence electrons. The molecule has 0 spiro atoms. The molecule has 9 heteroatoms. The third kappa shape index (κ3) is 4.03. The number of carbonyl (C=O) groups excluding carboxylic acids is 1. The molecule has 2 fully saturated rings. The van der Waals surface area contributed by atoms with Gasteiger partial charge in [0.05, 0.1) is 37.8 Å². The van der Waals surface area contributed by atoms with E-state index in [2.05, 4.69) is 15.1 Å². The summed E-state index contributed by atoms with van der Waals surface area (Å²) in [7, 11) is 1.51. The molecular formula is C20H24FN5O3. The molecule has 2 aliphatic heterocycles. The smallest absolute Gasteiger partial charge is 0.419 e. The van der Waals surface area contributed by atoms with Gasteiger partial charge in [-0.2, -0.15) is 5.10 Å². The van der Waals surface area contributed by atoms with Gasteiger partial charge in [0.2, 0.25) is 0 Å². The van der Waals surface area contributed by atoms with Crippen molar-refractivity contribution in [3.05, 3.63) is 36.0 Å². The minimum atomic E-state index is -0.565. The summed E-state index contributed by atoms with van der Waals surface area (Å²) in [5.41, 5.74) is 0.867. The van der Waals surface area contributed by atoms with E-state index in [0.717, 1.165) is 6.54 Å². The van der Waals surface area contributed by atoms with Crippen molar-refractivity contribution in [2.75, 3.05) is 36.5 Å². The zero-order valence-electron chi connectivity index (χ0n) is 16.5. The van der Waals surface area contributed by atoms with Gasteiger partial charge in [-0.05, 0) is 37.5 Å². The van der Waals surface area contributed by atoms with E-state index in [1.165, 1.54) is 43.5 Å². The molecule has 4 rings (SSSR count). The van der Waals surface area contributed by atoms with E-state index < -0.39 is 11.9 Å². The Morgan fingerprint density at radius 1 is 1.38 bits per heavy atom. The molecule has 1 aliphatic carbocycles. The first-order valence-corrected chi connectivity index (χ1v) is 9.69. The number of cyclic esters (lactones) is 1. The largest absolute Gasteiger partial charge is 0.484 e. The number of hydrazone groups is 1. The molecule has 1 saturated carbocycles. The van der Waals surface area contributed by atoms with Crippen molar-refractivity contribution in [1.29, 1.82) is 0 Å². The van der Waals surface area contributed by atoms with Gasteiger partial charge in [-0.1, -0.05) is 0 Å². The first kappa shape index (κ1) is 19.2. The molecule has 0 unspecified atom stereocenters. The van der Waals surface area contributed by atoms with Crippen LogP contribution < -0.4 is 9.80 Å². The maximum atomic E-state index is 14.8. The Bertz CT molecular complexity index is 881. The van der Waals surface area contributed by atoms with Crippen LogP contribution in [0.3, 0.4) is 0 Å². The van der Waals surface area contributed by atoms with Crippen molar-refractivity contribution in [3.8, 4) is 0 Å². The molecule has 0 radical (unpaired) electrons. The molecule has 1 aromatic rings. The van der Waals surface area contributed by atoms with Crippen molar-refractivity contribution in [3.63, 3.8) is 0 Å². The number of anilines is 2. The highest BCUT2D eigenvalue weighted by Gasteiger charge is 2.30. The first-order valence-electron chi connectivity index (χ1n) is 9.69. The van der Waals surface area contributed by atoms with Gasteiger partial charge in [0.1, 0.15) is 17.9 Å². The maximum Gasteiger partial charge on any atom is 0.419 e. The molecule has 1 saturated heterocycles. The molecule has 1 amide bonds. The van der Waals surface area contributed by atoms with Gasteiger partial charge in [0.25, 0.3) is 0 Å². The fraction of sp³-hybridized carbons (Fsp3) is 0.450. The van der Waals surface area contributed by atoms with Crippen molar-refractivity contribution < 1.29 is 18.7 Å². The van der Waals surface area contributed by atoms with E-state index in [0.29, 0.717) is 35.6 Å². The van der Waals surface area contributed by atoms with E-state index in [4.69, 9.17) is 9.47 Å². The van der Waals surface area contributed by atoms with Crippen LogP contribution in [0.25, 0.3) is 0 Å². The number of amides is 1. The van der Waals surface area contributed by atoms with Crippen LogP contribution in [0.2, 0.25) is 0 Å². The normalized spacial score (nSPS) is 21.6. The highest BCUT2D eigenvalue weighted by molar-refractivity contribution is 5.92. The monoisotopic (exact) mass is 401 g/mol. The average molecular weight is 401 g/mol. The Labute approximate surface area is 168 Å². The molecule has 2 heterocycles. The van der Waals surface area contributed by atoms with E-state index >= 15 is 0 Å². The minimum absolute atomic E-state index is 0.180. The standard InChI is InChI=1S/C20H24FN5O3/c1-14(28-2)22-11-17-12-25(20(27)29-17)16-6-7-19(18(21)10-16)24-8-9-26(23-13-24)15-4-3-5-15/h6-7,10-11,13,15H,3-5,8-9,12H2,1-2H3/b17-11-,22-14?. The summed E-state index contributed by atoms with van der Waals surface area (Å²) in [6.07, 6.45) is 6.16. The van der Waals surface area contributed by atoms with Crippen molar-refractivity contribution in [2.24, 2.45) is 10.1 Å². The second kappa shape index (κ2) is 8.10. The molecule has 8 nitrogen and oxygen atoms in total. The second-order valence-corrected chi connectivity index (χ2v) is 7.21. The van der Waals surface area contributed by atoms with E-state index in [1.54, 1.807) is 30.3 Å². The van der Waals surface area contributed by atoms with Crippen LogP contribution in [0.1, 0.15) is 26.2 Å². The third-order valence-electron chi connectivity index (χ3n) is 5.40. The van der Waals surface area contributed by atoms with Gasteiger partial charge in [-0.3, -0.25) is 9.91 Å². The highest BCUT2D eigenvalue weighted by atomic mass is 19.1. The van der Waals surface area contributed by atoms with Gasteiger partial charge in [-0.25, -0.2) is 14.2 Å². The zero-order valence-corrected chi connectivity index (χ0v) is 16.5. The Hall–Kier alpha value is -3.10. The fourth-order valence-electron chi connectivity index (χ4n) is 3.39. The Balaban J connectivity index is 1.46. The molecular weight excluding hydrogens is 377 g/mol. The number of rotatable bonds is 4. The highest BCUT2D eigenvalue weighted by Crippen LogP contribution is 2.30. The average Bonchev–Trinajstić information content (AvgIpc) is 3.06. The number of carbonyl (C=O) groups is 1. The summed E-state index contributed by atoms with van der Waals surface area (Å²) in [4.78, 5) is 19.3. The number of halogens is 1. The van der Waals surface area contributed by atoms with Crippen LogP contribution >= 0.6 is 0 Å². The maximum absolute atomic E-state index is 14.8. The lowest BCUT2D eigenvalue weighted by molar-refractivity contribution is 0.132. The van der Waals surface area contributed by atoms with Crippen LogP contribution in [-0.2, 0) is 9.47 Å². The lowest BCUT2D eigenvalue weighted by atomic mass is 9.92. The number of nitrogens with zero attached hydrogens (tertiary/aromatic N) is 5. The summed E-state index contributed by atoms with van der Waals surface area (Å²) < 4.78 is 24.9. The molecule has 3 aliphatic rings.